The number of carbonyl (C=O) groups is 1. The van der Waals surface area contributed by atoms with Crippen LogP contribution in [0, 0.1) is 5.92 Å². The third-order valence-corrected chi connectivity index (χ3v) is 6.62. The van der Waals surface area contributed by atoms with Gasteiger partial charge in [0.15, 0.2) is 11.5 Å². The number of fused-ring (bicyclic) bond motifs is 1. The molecule has 2 aliphatic rings. The molecule has 1 amide bonds. The summed E-state index contributed by atoms with van der Waals surface area (Å²) in [6.07, 6.45) is 5.49. The smallest absolute Gasteiger partial charge is 0.234 e. The van der Waals surface area contributed by atoms with Gasteiger partial charge in [-0.05, 0) is 43.4 Å². The van der Waals surface area contributed by atoms with E-state index in [1.54, 1.807) is 21.3 Å². The van der Waals surface area contributed by atoms with Gasteiger partial charge in [0.2, 0.25) is 11.7 Å². The summed E-state index contributed by atoms with van der Waals surface area (Å²) in [7, 11) is 4.80. The van der Waals surface area contributed by atoms with Crippen LogP contribution in [0.4, 0.5) is 0 Å². The van der Waals surface area contributed by atoms with E-state index in [1.165, 1.54) is 0 Å². The van der Waals surface area contributed by atoms with Gasteiger partial charge in [-0.2, -0.15) is 0 Å². The Balaban J connectivity index is 2.01. The van der Waals surface area contributed by atoms with Gasteiger partial charge >= 0.3 is 0 Å². The van der Waals surface area contributed by atoms with Crippen molar-refractivity contribution in [2.45, 2.75) is 57.1 Å². The minimum atomic E-state index is -0.695. The van der Waals surface area contributed by atoms with E-state index in [-0.39, 0.29) is 17.9 Å². The van der Waals surface area contributed by atoms with E-state index >= 15 is 0 Å². The molecule has 1 aliphatic heterocycles. The zero-order valence-electron chi connectivity index (χ0n) is 18.7. The van der Waals surface area contributed by atoms with Gasteiger partial charge in [0, 0.05) is 25.0 Å². The molecule has 1 aromatic rings. The van der Waals surface area contributed by atoms with Crippen LogP contribution in [0.2, 0.25) is 0 Å². The van der Waals surface area contributed by atoms with Gasteiger partial charge in [0.1, 0.15) is 0 Å². The molecule has 1 saturated heterocycles. The second-order valence-corrected chi connectivity index (χ2v) is 8.43. The van der Waals surface area contributed by atoms with Crippen LogP contribution in [-0.4, -0.2) is 62.5 Å². The van der Waals surface area contributed by atoms with Crippen LogP contribution in [0.15, 0.2) is 12.1 Å². The van der Waals surface area contributed by atoms with E-state index in [9.17, 15) is 9.90 Å². The molecule has 0 radical (unpaired) electrons. The average Bonchev–Trinajstić information content (AvgIpc) is 2.76. The van der Waals surface area contributed by atoms with Crippen LogP contribution in [0.5, 0.6) is 17.2 Å². The van der Waals surface area contributed by atoms with Crippen molar-refractivity contribution >= 4 is 5.91 Å². The molecule has 0 unspecified atom stereocenters. The summed E-state index contributed by atoms with van der Waals surface area (Å²) >= 11 is 0. The van der Waals surface area contributed by atoms with E-state index in [1.807, 2.05) is 19.1 Å². The average molecular weight is 421 g/mol. The lowest BCUT2D eigenvalue weighted by molar-refractivity contribution is -0.137. The van der Waals surface area contributed by atoms with Crippen molar-refractivity contribution in [3.63, 3.8) is 0 Å². The Labute approximate surface area is 179 Å². The van der Waals surface area contributed by atoms with Crippen LogP contribution in [0.3, 0.4) is 0 Å². The number of hydrogen-bond donors (Lipinski definition) is 2. The molecule has 0 aromatic heterocycles. The SMILES string of the molecule is CCCNC(=O)CN1CC[C@]2(O)CCCC[C@@H]2[C@H]1c1cc(OC)c(OC)c(OC)c1. The lowest BCUT2D eigenvalue weighted by atomic mass is 9.66. The topological polar surface area (TPSA) is 80.3 Å². The molecule has 3 rings (SSSR count). The number of benzene rings is 1. The van der Waals surface area contributed by atoms with Crippen molar-refractivity contribution in [1.29, 1.82) is 0 Å². The zero-order chi connectivity index (χ0) is 21.7. The molecule has 0 spiro atoms. The number of carbonyl (C=O) groups excluding carboxylic acids is 1. The maximum atomic E-state index is 12.5. The fourth-order valence-electron chi connectivity index (χ4n) is 5.14. The standard InChI is InChI=1S/C23H36N2O5/c1-5-11-24-20(26)15-25-12-10-23(27)9-7-6-8-17(23)21(25)16-13-18(28-2)22(30-4)19(14-16)29-3/h13-14,17,21,27H,5-12,15H2,1-4H3,(H,24,26)/t17-,21-,23-/m1/s1. The molecule has 1 heterocycles. The monoisotopic (exact) mass is 420 g/mol. The fraction of sp³-hybridized carbons (Fsp3) is 0.696. The predicted molar refractivity (Wildman–Crippen MR) is 115 cm³/mol. The Kier molecular flexibility index (Phi) is 7.47. The molecular weight excluding hydrogens is 384 g/mol. The highest BCUT2D eigenvalue weighted by Crippen LogP contribution is 2.51. The minimum Gasteiger partial charge on any atom is -0.493 e. The van der Waals surface area contributed by atoms with Gasteiger partial charge in [0.05, 0.1) is 33.5 Å². The minimum absolute atomic E-state index is 0.0236. The first kappa shape index (κ1) is 22.7. The summed E-state index contributed by atoms with van der Waals surface area (Å²) in [6.45, 7) is 3.71. The molecule has 1 aliphatic carbocycles. The number of nitrogens with zero attached hydrogens (tertiary/aromatic N) is 1. The predicted octanol–water partition coefficient (Wildman–Crippen LogP) is 2.91. The summed E-state index contributed by atoms with van der Waals surface area (Å²) in [4.78, 5) is 14.8. The van der Waals surface area contributed by atoms with Gasteiger partial charge in [0.25, 0.3) is 0 Å². The first-order valence-corrected chi connectivity index (χ1v) is 11.0. The largest absolute Gasteiger partial charge is 0.493 e. The maximum absolute atomic E-state index is 12.5. The normalized spacial score (nSPS) is 26.6. The summed E-state index contributed by atoms with van der Waals surface area (Å²) in [5.41, 5.74) is 0.289. The lowest BCUT2D eigenvalue weighted by Crippen LogP contribution is -2.56. The molecule has 7 nitrogen and oxygen atoms in total. The third kappa shape index (κ3) is 4.52. The second kappa shape index (κ2) is 9.88. The molecule has 1 saturated carbocycles. The van der Waals surface area contributed by atoms with Crippen LogP contribution in [-0.2, 0) is 4.79 Å². The van der Waals surface area contributed by atoms with Crippen LogP contribution in [0.1, 0.15) is 57.1 Å². The molecule has 2 N–H and O–H groups in total. The quantitative estimate of drug-likeness (QED) is 0.673. The van der Waals surface area contributed by atoms with Crippen LogP contribution < -0.4 is 19.5 Å². The van der Waals surface area contributed by atoms with Crippen molar-refractivity contribution in [3.05, 3.63) is 17.7 Å². The van der Waals surface area contributed by atoms with Crippen LogP contribution in [0.25, 0.3) is 0 Å². The second-order valence-electron chi connectivity index (χ2n) is 8.43. The van der Waals surface area contributed by atoms with Gasteiger partial charge in [-0.25, -0.2) is 0 Å². The number of nitrogens with one attached hydrogen (secondary N) is 1. The summed E-state index contributed by atoms with van der Waals surface area (Å²) < 4.78 is 16.6. The Bertz CT molecular complexity index is 715. The molecule has 0 bridgehead atoms. The van der Waals surface area contributed by atoms with E-state index in [0.717, 1.165) is 37.7 Å². The number of aliphatic hydroxyl groups is 1. The summed E-state index contributed by atoms with van der Waals surface area (Å²) in [5.74, 6) is 1.81. The number of methoxy groups -OCH3 is 3. The lowest BCUT2D eigenvalue weighted by Gasteiger charge is -2.52. The Morgan fingerprint density at radius 2 is 1.87 bits per heavy atom. The molecule has 7 heteroatoms. The highest BCUT2D eigenvalue weighted by Gasteiger charge is 2.49. The molecule has 1 aromatic carbocycles. The van der Waals surface area contributed by atoms with Crippen molar-refractivity contribution < 1.29 is 24.1 Å². The first-order chi connectivity index (χ1) is 14.5. The van der Waals surface area contributed by atoms with Crippen molar-refractivity contribution in [2.75, 3.05) is 41.0 Å². The van der Waals surface area contributed by atoms with Crippen LogP contribution >= 0.6 is 0 Å². The summed E-state index contributed by atoms with van der Waals surface area (Å²) in [6, 6.07) is 3.83. The summed E-state index contributed by atoms with van der Waals surface area (Å²) in [5, 5.41) is 14.4. The molecule has 168 valence electrons. The number of likely N-dealkylation sites (tertiary alicyclic amines) is 1. The van der Waals surface area contributed by atoms with Gasteiger partial charge in [-0.15, -0.1) is 0 Å². The third-order valence-electron chi connectivity index (χ3n) is 6.62. The number of piperidine rings is 1. The van der Waals surface area contributed by atoms with Gasteiger partial charge < -0.3 is 24.6 Å². The first-order valence-electron chi connectivity index (χ1n) is 11.0. The molecule has 30 heavy (non-hydrogen) atoms. The van der Waals surface area contributed by atoms with Gasteiger partial charge in [-0.1, -0.05) is 19.8 Å². The number of rotatable bonds is 8. The molecule has 3 atom stereocenters. The van der Waals surface area contributed by atoms with Gasteiger partial charge in [-0.3, -0.25) is 9.69 Å². The maximum Gasteiger partial charge on any atom is 0.234 e. The fourth-order valence-corrected chi connectivity index (χ4v) is 5.14. The van der Waals surface area contributed by atoms with E-state index < -0.39 is 5.60 Å². The molecule has 2 fully saturated rings. The van der Waals surface area contributed by atoms with Crippen molar-refractivity contribution in [2.24, 2.45) is 5.92 Å². The Morgan fingerprint density at radius 1 is 1.17 bits per heavy atom. The highest BCUT2D eigenvalue weighted by molar-refractivity contribution is 5.78. The number of ether oxygens (including phenoxy) is 3. The van der Waals surface area contributed by atoms with E-state index in [2.05, 4.69) is 10.2 Å². The Morgan fingerprint density at radius 3 is 2.47 bits per heavy atom. The zero-order valence-corrected chi connectivity index (χ0v) is 18.7. The van der Waals surface area contributed by atoms with Crippen molar-refractivity contribution in [1.82, 2.24) is 10.2 Å². The Hall–Kier alpha value is -1.99. The van der Waals surface area contributed by atoms with Crippen molar-refractivity contribution in [3.8, 4) is 17.2 Å². The van der Waals surface area contributed by atoms with E-state index in [4.69, 9.17) is 14.2 Å². The number of hydrogen-bond acceptors (Lipinski definition) is 6. The number of amides is 1. The van der Waals surface area contributed by atoms with E-state index in [0.29, 0.717) is 43.3 Å². The molecular formula is C23H36N2O5. The highest BCUT2D eigenvalue weighted by atomic mass is 16.5.